The molecule has 3 aromatic rings. The van der Waals surface area contributed by atoms with Crippen LogP contribution in [0.5, 0.6) is 0 Å². The van der Waals surface area contributed by atoms with Crippen molar-refractivity contribution in [1.29, 1.82) is 0 Å². The van der Waals surface area contributed by atoms with Crippen LogP contribution in [0.2, 0.25) is 0 Å². The summed E-state index contributed by atoms with van der Waals surface area (Å²) in [6.07, 6.45) is 6.41. The summed E-state index contributed by atoms with van der Waals surface area (Å²) in [7, 11) is 0. The van der Waals surface area contributed by atoms with Gasteiger partial charge in [-0.1, -0.05) is 0 Å². The summed E-state index contributed by atoms with van der Waals surface area (Å²) in [6, 6.07) is 9.30. The Kier molecular flexibility index (Phi) is 2.93. The number of nitrogens with zero attached hydrogens (tertiary/aromatic N) is 1. The summed E-state index contributed by atoms with van der Waals surface area (Å²) in [5.41, 5.74) is 9.00. The number of nitrogens with one attached hydrogen (secondary N) is 1. The molecule has 1 aromatic carbocycles. The minimum atomic E-state index is 0.0165. The van der Waals surface area contributed by atoms with Crippen LogP contribution < -0.4 is 11.2 Å². The van der Waals surface area contributed by atoms with Crippen LogP contribution in [0.4, 0.5) is 0 Å². The Balaban J connectivity index is 2.11. The van der Waals surface area contributed by atoms with Gasteiger partial charge in [0, 0.05) is 47.3 Å². The first-order valence-corrected chi connectivity index (χ1v) is 6.27. The lowest BCUT2D eigenvalue weighted by Crippen LogP contribution is -2.03. The second-order valence-electron chi connectivity index (χ2n) is 4.52. The Morgan fingerprint density at radius 2 is 1.95 bits per heavy atom. The largest absolute Gasteiger partial charge is 0.361 e. The van der Waals surface area contributed by atoms with Gasteiger partial charge in [-0.3, -0.25) is 4.79 Å². The van der Waals surface area contributed by atoms with Crippen LogP contribution in [-0.4, -0.2) is 16.1 Å². The molecule has 0 saturated heterocycles. The van der Waals surface area contributed by atoms with Crippen LogP contribution >= 0.6 is 0 Å². The van der Waals surface area contributed by atoms with Gasteiger partial charge in [0.05, 0.1) is 0 Å². The maximum atomic E-state index is 11.1. The highest BCUT2D eigenvalue weighted by Gasteiger charge is 2.04. The fraction of sp³-hybridized carbons (Fsp3) is 0.133. The highest BCUT2D eigenvalue weighted by atomic mass is 16.1. The predicted octanol–water partition coefficient (Wildman–Crippen LogP) is 1.82. The first-order chi connectivity index (χ1) is 9.28. The van der Waals surface area contributed by atoms with E-state index in [2.05, 4.69) is 11.1 Å². The molecule has 0 unspecified atom stereocenters. The number of H-pyrrole nitrogens is 1. The number of pyridine rings is 1. The van der Waals surface area contributed by atoms with Gasteiger partial charge in [-0.25, -0.2) is 0 Å². The molecule has 0 atom stereocenters. The third kappa shape index (κ3) is 2.18. The van der Waals surface area contributed by atoms with Crippen LogP contribution in [0.15, 0.2) is 53.7 Å². The molecule has 4 nitrogen and oxygen atoms in total. The lowest BCUT2D eigenvalue weighted by molar-refractivity contribution is 0.976. The van der Waals surface area contributed by atoms with Crippen molar-refractivity contribution < 1.29 is 0 Å². The van der Waals surface area contributed by atoms with E-state index in [1.54, 1.807) is 24.5 Å². The van der Waals surface area contributed by atoms with Gasteiger partial charge >= 0.3 is 0 Å². The first kappa shape index (κ1) is 11.7. The van der Waals surface area contributed by atoms with Gasteiger partial charge in [-0.05, 0) is 36.7 Å². The van der Waals surface area contributed by atoms with E-state index in [1.807, 2.05) is 22.9 Å². The Labute approximate surface area is 110 Å². The topological polar surface area (TPSA) is 63.8 Å². The van der Waals surface area contributed by atoms with Gasteiger partial charge in [-0.2, -0.15) is 0 Å². The summed E-state index contributed by atoms with van der Waals surface area (Å²) in [6.45, 7) is 0.634. The molecule has 0 radical (unpaired) electrons. The molecule has 0 fully saturated rings. The minimum Gasteiger partial charge on any atom is -0.361 e. The van der Waals surface area contributed by atoms with Crippen molar-refractivity contribution in [2.45, 2.75) is 6.42 Å². The van der Waals surface area contributed by atoms with Crippen molar-refractivity contribution in [1.82, 2.24) is 9.55 Å². The van der Waals surface area contributed by atoms with Gasteiger partial charge in [-0.15, -0.1) is 0 Å². The van der Waals surface area contributed by atoms with Gasteiger partial charge < -0.3 is 15.3 Å². The summed E-state index contributed by atoms with van der Waals surface area (Å²) in [5, 5.41) is 1.18. The van der Waals surface area contributed by atoms with Gasteiger partial charge in [0.15, 0.2) is 5.43 Å². The molecule has 2 heterocycles. The molecule has 3 rings (SSSR count). The lowest BCUT2D eigenvalue weighted by Gasteiger charge is -2.06. The lowest BCUT2D eigenvalue weighted by atomic mass is 10.1. The number of benzene rings is 1. The number of fused-ring (bicyclic) bond motifs is 1. The molecule has 19 heavy (non-hydrogen) atoms. The van der Waals surface area contributed by atoms with E-state index < -0.39 is 0 Å². The molecule has 0 amide bonds. The predicted molar refractivity (Wildman–Crippen MR) is 76.7 cm³/mol. The minimum absolute atomic E-state index is 0.0165. The molecule has 3 N–H and O–H groups in total. The molecule has 4 heteroatoms. The molecule has 0 saturated carbocycles. The smallest absolute Gasteiger partial charge is 0.181 e. The normalized spacial score (nSPS) is 11.0. The molecule has 2 aromatic heterocycles. The molecular formula is C15H15N3O. The molecule has 0 aliphatic rings. The second kappa shape index (κ2) is 4.74. The maximum Gasteiger partial charge on any atom is 0.181 e. The van der Waals surface area contributed by atoms with E-state index in [4.69, 9.17) is 5.73 Å². The average molecular weight is 253 g/mol. The number of hydrogen-bond donors (Lipinski definition) is 2. The van der Waals surface area contributed by atoms with Gasteiger partial charge in [0.2, 0.25) is 0 Å². The summed E-state index contributed by atoms with van der Waals surface area (Å²) >= 11 is 0. The fourth-order valence-electron chi connectivity index (χ4n) is 2.27. The Morgan fingerprint density at radius 3 is 2.68 bits per heavy atom. The standard InChI is InChI=1S/C15H15N3O/c16-6-3-11-10-17-15-2-1-12(9-14(11)15)18-7-4-13(19)5-8-18/h1-2,4-5,7-10,17H,3,6,16H2. The molecule has 0 bridgehead atoms. The summed E-state index contributed by atoms with van der Waals surface area (Å²) < 4.78 is 1.93. The zero-order valence-electron chi connectivity index (χ0n) is 10.5. The molecule has 96 valence electrons. The number of nitrogens with two attached hydrogens (primary N) is 1. The van der Waals surface area contributed by atoms with Crippen LogP contribution in [0.3, 0.4) is 0 Å². The van der Waals surface area contributed by atoms with E-state index in [9.17, 15) is 4.79 Å². The van der Waals surface area contributed by atoms with Crippen LogP contribution in [0.25, 0.3) is 16.6 Å². The third-order valence-corrected chi connectivity index (χ3v) is 3.26. The highest BCUT2D eigenvalue weighted by molar-refractivity contribution is 5.85. The molecular weight excluding hydrogens is 238 g/mol. The Bertz CT molecular complexity index is 750. The third-order valence-electron chi connectivity index (χ3n) is 3.26. The Hall–Kier alpha value is -2.33. The first-order valence-electron chi connectivity index (χ1n) is 6.27. The zero-order valence-corrected chi connectivity index (χ0v) is 10.5. The quantitative estimate of drug-likeness (QED) is 0.748. The zero-order chi connectivity index (χ0) is 13.2. The SMILES string of the molecule is NCCc1c[nH]c2ccc(-n3ccc(=O)cc3)cc12. The number of hydrogen-bond acceptors (Lipinski definition) is 2. The van der Waals surface area contributed by atoms with Crippen LogP contribution in [-0.2, 0) is 6.42 Å². The molecule has 0 spiro atoms. The number of rotatable bonds is 3. The molecule has 0 aliphatic heterocycles. The summed E-state index contributed by atoms with van der Waals surface area (Å²) in [4.78, 5) is 14.4. The van der Waals surface area contributed by atoms with Crippen LogP contribution in [0.1, 0.15) is 5.56 Å². The van der Waals surface area contributed by atoms with Crippen molar-refractivity contribution in [3.8, 4) is 5.69 Å². The Morgan fingerprint density at radius 1 is 1.16 bits per heavy atom. The van der Waals surface area contributed by atoms with Gasteiger partial charge in [0.1, 0.15) is 0 Å². The molecule has 0 aliphatic carbocycles. The van der Waals surface area contributed by atoms with Crippen molar-refractivity contribution in [3.05, 3.63) is 64.7 Å². The maximum absolute atomic E-state index is 11.1. The monoisotopic (exact) mass is 253 g/mol. The fourth-order valence-corrected chi connectivity index (χ4v) is 2.27. The second-order valence-corrected chi connectivity index (χ2v) is 4.52. The number of aromatic nitrogens is 2. The van der Waals surface area contributed by atoms with E-state index in [-0.39, 0.29) is 5.43 Å². The van der Waals surface area contributed by atoms with Crippen molar-refractivity contribution in [2.24, 2.45) is 5.73 Å². The van der Waals surface area contributed by atoms with Gasteiger partial charge in [0.25, 0.3) is 0 Å². The van der Waals surface area contributed by atoms with Crippen molar-refractivity contribution in [3.63, 3.8) is 0 Å². The highest BCUT2D eigenvalue weighted by Crippen LogP contribution is 2.21. The van der Waals surface area contributed by atoms with Crippen LogP contribution in [0, 0.1) is 0 Å². The van der Waals surface area contributed by atoms with E-state index >= 15 is 0 Å². The average Bonchev–Trinajstić information content (AvgIpc) is 2.83. The number of aromatic amines is 1. The van der Waals surface area contributed by atoms with Crippen molar-refractivity contribution in [2.75, 3.05) is 6.54 Å². The van der Waals surface area contributed by atoms with Crippen molar-refractivity contribution >= 4 is 10.9 Å². The van der Waals surface area contributed by atoms with E-state index in [1.165, 1.54) is 10.9 Å². The summed E-state index contributed by atoms with van der Waals surface area (Å²) in [5.74, 6) is 0. The van der Waals surface area contributed by atoms with E-state index in [0.717, 1.165) is 17.6 Å². The van der Waals surface area contributed by atoms with E-state index in [0.29, 0.717) is 6.54 Å².